The third kappa shape index (κ3) is 1.71. The van der Waals surface area contributed by atoms with Crippen molar-refractivity contribution in [2.75, 3.05) is 5.73 Å². The summed E-state index contributed by atoms with van der Waals surface area (Å²) in [5, 5.41) is 4.03. The zero-order chi connectivity index (χ0) is 10.8. The topological polar surface area (TPSA) is 73.8 Å². The lowest BCUT2D eigenvalue weighted by molar-refractivity contribution is 0.112. The molecule has 0 aliphatic carbocycles. The molecule has 5 heteroatoms. The average Bonchev–Trinajstić information content (AvgIpc) is 2.64. The van der Waals surface area contributed by atoms with E-state index < -0.39 is 0 Å². The minimum absolute atomic E-state index is 0.336. The Labute approximate surface area is 86.5 Å². The predicted molar refractivity (Wildman–Crippen MR) is 56.2 cm³/mol. The summed E-state index contributed by atoms with van der Waals surface area (Å²) in [6, 6.07) is 3.43. The molecule has 0 aliphatic rings. The molecule has 0 amide bonds. The largest absolute Gasteiger partial charge is 0.384 e. The van der Waals surface area contributed by atoms with Crippen molar-refractivity contribution in [2.24, 2.45) is 7.05 Å². The minimum atomic E-state index is 0.336. The highest BCUT2D eigenvalue weighted by molar-refractivity contribution is 5.85. The van der Waals surface area contributed by atoms with Crippen LogP contribution in [0.15, 0.2) is 24.5 Å². The summed E-state index contributed by atoms with van der Waals surface area (Å²) in [5.41, 5.74) is 7.43. The van der Waals surface area contributed by atoms with Gasteiger partial charge in [-0.2, -0.15) is 5.10 Å². The molecule has 2 heterocycles. The zero-order valence-electron chi connectivity index (χ0n) is 8.21. The van der Waals surface area contributed by atoms with E-state index in [4.69, 9.17) is 5.73 Å². The van der Waals surface area contributed by atoms with Gasteiger partial charge in [-0.05, 0) is 12.1 Å². The van der Waals surface area contributed by atoms with Crippen LogP contribution in [0.25, 0.3) is 11.1 Å². The van der Waals surface area contributed by atoms with E-state index in [1.54, 1.807) is 23.0 Å². The highest BCUT2D eigenvalue weighted by Crippen LogP contribution is 2.21. The fourth-order valence-corrected chi connectivity index (χ4v) is 1.38. The van der Waals surface area contributed by atoms with Crippen LogP contribution in [0.2, 0.25) is 0 Å². The minimum Gasteiger partial charge on any atom is -0.384 e. The first-order valence-electron chi connectivity index (χ1n) is 4.41. The summed E-state index contributed by atoms with van der Waals surface area (Å²) in [5.74, 6) is 0.338. The van der Waals surface area contributed by atoms with Gasteiger partial charge in [0.15, 0.2) is 6.29 Å². The van der Waals surface area contributed by atoms with Gasteiger partial charge in [0.25, 0.3) is 0 Å². The Bertz CT molecular complexity index is 504. The molecule has 2 rings (SSSR count). The second-order valence-corrected chi connectivity index (χ2v) is 3.19. The average molecular weight is 202 g/mol. The van der Waals surface area contributed by atoms with Crippen molar-refractivity contribution in [2.45, 2.75) is 0 Å². The Morgan fingerprint density at radius 2 is 2.27 bits per heavy atom. The smallest absolute Gasteiger partial charge is 0.169 e. The quantitative estimate of drug-likeness (QED) is 0.733. The van der Waals surface area contributed by atoms with Crippen molar-refractivity contribution < 1.29 is 4.79 Å². The number of aldehydes is 1. The van der Waals surface area contributed by atoms with Crippen LogP contribution in [-0.2, 0) is 7.05 Å². The molecule has 0 saturated heterocycles. The van der Waals surface area contributed by atoms with Gasteiger partial charge in [-0.25, -0.2) is 4.98 Å². The maximum Gasteiger partial charge on any atom is 0.169 e. The van der Waals surface area contributed by atoms with E-state index in [-0.39, 0.29) is 0 Å². The van der Waals surface area contributed by atoms with Crippen molar-refractivity contribution in [3.05, 3.63) is 30.2 Å². The van der Waals surface area contributed by atoms with E-state index in [2.05, 4.69) is 10.1 Å². The number of aryl methyl sites for hydroxylation is 1. The molecule has 2 aromatic rings. The van der Waals surface area contributed by atoms with E-state index in [0.717, 1.165) is 11.1 Å². The number of nitrogens with zero attached hydrogens (tertiary/aromatic N) is 3. The van der Waals surface area contributed by atoms with Crippen LogP contribution in [0, 0.1) is 0 Å². The number of carbonyl (C=O) groups excluding carboxylic acids is 1. The molecule has 0 aromatic carbocycles. The van der Waals surface area contributed by atoms with E-state index >= 15 is 0 Å². The molecule has 0 spiro atoms. The standard InChI is InChI=1S/C10H10N4O/c1-14-5-7(4-12-14)8-2-3-10(11)13-9(8)6-15/h2-6H,1H3,(H2,11,13). The fourth-order valence-electron chi connectivity index (χ4n) is 1.38. The summed E-state index contributed by atoms with van der Waals surface area (Å²) < 4.78 is 1.67. The number of hydrogen-bond acceptors (Lipinski definition) is 4. The number of aromatic nitrogens is 3. The van der Waals surface area contributed by atoms with Crippen molar-refractivity contribution in [1.29, 1.82) is 0 Å². The van der Waals surface area contributed by atoms with E-state index in [9.17, 15) is 4.79 Å². The number of nitrogens with two attached hydrogens (primary N) is 1. The summed E-state index contributed by atoms with van der Waals surface area (Å²) in [7, 11) is 1.81. The molecule has 76 valence electrons. The molecule has 0 radical (unpaired) electrons. The van der Waals surface area contributed by atoms with Crippen molar-refractivity contribution in [3.8, 4) is 11.1 Å². The Morgan fingerprint density at radius 3 is 2.87 bits per heavy atom. The monoisotopic (exact) mass is 202 g/mol. The Hall–Kier alpha value is -2.17. The van der Waals surface area contributed by atoms with Crippen LogP contribution >= 0.6 is 0 Å². The second kappa shape index (κ2) is 3.53. The number of anilines is 1. The maximum absolute atomic E-state index is 10.8. The lowest BCUT2D eigenvalue weighted by Crippen LogP contribution is -1.96. The number of pyridine rings is 1. The summed E-state index contributed by atoms with van der Waals surface area (Å²) in [4.78, 5) is 14.8. The first-order chi connectivity index (χ1) is 7.20. The second-order valence-electron chi connectivity index (χ2n) is 3.19. The van der Waals surface area contributed by atoms with Gasteiger partial charge in [0.2, 0.25) is 0 Å². The molecule has 0 saturated carbocycles. The van der Waals surface area contributed by atoms with Crippen LogP contribution in [-0.4, -0.2) is 21.1 Å². The first kappa shape index (κ1) is 9.39. The molecule has 15 heavy (non-hydrogen) atoms. The predicted octanol–water partition coefficient (Wildman–Crippen LogP) is 0.877. The Kier molecular flexibility index (Phi) is 2.21. The van der Waals surface area contributed by atoms with E-state index in [0.29, 0.717) is 17.8 Å². The summed E-state index contributed by atoms with van der Waals surface area (Å²) >= 11 is 0. The van der Waals surface area contributed by atoms with Crippen LogP contribution in [0.3, 0.4) is 0 Å². The number of nitrogen functional groups attached to an aromatic ring is 1. The molecular weight excluding hydrogens is 192 g/mol. The molecule has 0 atom stereocenters. The molecule has 5 nitrogen and oxygen atoms in total. The molecule has 0 aliphatic heterocycles. The Balaban J connectivity index is 2.57. The van der Waals surface area contributed by atoms with Crippen LogP contribution in [0.1, 0.15) is 10.5 Å². The van der Waals surface area contributed by atoms with Gasteiger partial charge in [0, 0.05) is 24.4 Å². The van der Waals surface area contributed by atoms with E-state index in [1.165, 1.54) is 0 Å². The van der Waals surface area contributed by atoms with Crippen LogP contribution in [0.5, 0.6) is 0 Å². The van der Waals surface area contributed by atoms with Gasteiger partial charge >= 0.3 is 0 Å². The number of hydrogen-bond donors (Lipinski definition) is 1. The van der Waals surface area contributed by atoms with E-state index in [1.807, 2.05) is 13.2 Å². The number of rotatable bonds is 2. The maximum atomic E-state index is 10.8. The SMILES string of the molecule is Cn1cc(-c2ccc(N)nc2C=O)cn1. The summed E-state index contributed by atoms with van der Waals surface area (Å²) in [6.45, 7) is 0. The van der Waals surface area contributed by atoms with Crippen LogP contribution in [0.4, 0.5) is 5.82 Å². The van der Waals surface area contributed by atoms with Gasteiger partial charge in [-0.3, -0.25) is 9.48 Å². The Morgan fingerprint density at radius 1 is 1.47 bits per heavy atom. The van der Waals surface area contributed by atoms with Crippen molar-refractivity contribution in [1.82, 2.24) is 14.8 Å². The molecule has 0 bridgehead atoms. The number of carbonyl (C=O) groups is 1. The molecular formula is C10H10N4O. The van der Waals surface area contributed by atoms with Crippen molar-refractivity contribution in [3.63, 3.8) is 0 Å². The lowest BCUT2D eigenvalue weighted by Gasteiger charge is -2.01. The zero-order valence-corrected chi connectivity index (χ0v) is 8.21. The van der Waals surface area contributed by atoms with Crippen molar-refractivity contribution >= 4 is 12.1 Å². The van der Waals surface area contributed by atoms with Gasteiger partial charge in [0.05, 0.1) is 6.20 Å². The fraction of sp³-hybridized carbons (Fsp3) is 0.100. The molecule has 2 N–H and O–H groups in total. The third-order valence-corrected chi connectivity index (χ3v) is 2.07. The molecule has 0 fully saturated rings. The first-order valence-corrected chi connectivity index (χ1v) is 4.41. The normalized spacial score (nSPS) is 10.2. The van der Waals surface area contributed by atoms with Gasteiger partial charge in [-0.15, -0.1) is 0 Å². The lowest BCUT2D eigenvalue weighted by atomic mass is 10.1. The van der Waals surface area contributed by atoms with Crippen LogP contribution < -0.4 is 5.73 Å². The van der Waals surface area contributed by atoms with Gasteiger partial charge in [-0.1, -0.05) is 0 Å². The highest BCUT2D eigenvalue weighted by atomic mass is 16.1. The molecule has 2 aromatic heterocycles. The third-order valence-electron chi connectivity index (χ3n) is 2.07. The van der Waals surface area contributed by atoms with Gasteiger partial charge in [0.1, 0.15) is 11.5 Å². The summed E-state index contributed by atoms with van der Waals surface area (Å²) in [6.07, 6.45) is 4.19. The highest BCUT2D eigenvalue weighted by Gasteiger charge is 2.07. The van der Waals surface area contributed by atoms with Gasteiger partial charge < -0.3 is 5.73 Å². The molecule has 0 unspecified atom stereocenters.